The molecule has 0 aliphatic carbocycles. The average Bonchev–Trinajstić information content (AvgIpc) is 3.08. The van der Waals surface area contributed by atoms with Crippen molar-refractivity contribution in [1.29, 1.82) is 0 Å². The van der Waals surface area contributed by atoms with Gasteiger partial charge in [0.05, 0.1) is 24.5 Å². The van der Waals surface area contributed by atoms with Gasteiger partial charge in [-0.1, -0.05) is 0 Å². The Bertz CT molecular complexity index is 869. The van der Waals surface area contributed by atoms with Crippen molar-refractivity contribution in [3.8, 4) is 0 Å². The molecule has 3 heterocycles. The maximum Gasteiger partial charge on any atom is 0.416 e. The second kappa shape index (κ2) is 7.41. The van der Waals surface area contributed by atoms with Crippen LogP contribution in [0.2, 0.25) is 0 Å². The Morgan fingerprint density at radius 1 is 1.14 bits per heavy atom. The molecule has 3 aliphatic rings. The number of hydrogen-bond acceptors (Lipinski definition) is 5. The fourth-order valence-electron chi connectivity index (χ4n) is 3.44. The number of nitrogens with one attached hydrogen (secondary N) is 1. The highest BCUT2D eigenvalue weighted by Gasteiger charge is 2.30. The molecule has 1 aromatic rings. The quantitative estimate of drug-likeness (QED) is 0.822. The van der Waals surface area contributed by atoms with Gasteiger partial charge in [-0.3, -0.25) is 4.99 Å². The lowest BCUT2D eigenvalue weighted by Crippen LogP contribution is -2.50. The number of carbonyl (C=O) groups is 1. The molecule has 1 atom stereocenters. The van der Waals surface area contributed by atoms with Crippen molar-refractivity contribution in [3.63, 3.8) is 0 Å². The second-order valence-electron chi connectivity index (χ2n) is 7.18. The maximum absolute atomic E-state index is 12.6. The number of aliphatic imine (C=N–C) groups is 2. The molecular weight excluding hydrogens is 385 g/mol. The van der Waals surface area contributed by atoms with Crippen LogP contribution in [0.15, 0.2) is 46.1 Å². The summed E-state index contributed by atoms with van der Waals surface area (Å²) in [6.45, 7) is 5.06. The van der Waals surface area contributed by atoms with Crippen LogP contribution in [0.25, 0.3) is 0 Å². The summed E-state index contributed by atoms with van der Waals surface area (Å²) in [5, 5.41) is 2.65. The third-order valence-corrected chi connectivity index (χ3v) is 5.18. The van der Waals surface area contributed by atoms with Crippen molar-refractivity contribution in [1.82, 2.24) is 14.7 Å². The molecule has 154 valence electrons. The molecule has 4 rings (SSSR count). The topological polar surface area (TPSA) is 63.5 Å². The highest BCUT2D eigenvalue weighted by Crippen LogP contribution is 2.30. The van der Waals surface area contributed by atoms with Crippen molar-refractivity contribution in [2.75, 3.05) is 38.0 Å². The van der Waals surface area contributed by atoms with E-state index in [0.717, 1.165) is 30.3 Å². The van der Waals surface area contributed by atoms with E-state index in [1.165, 1.54) is 12.1 Å². The second-order valence-corrected chi connectivity index (χ2v) is 7.18. The number of anilines is 1. The first-order valence-corrected chi connectivity index (χ1v) is 9.38. The monoisotopic (exact) mass is 406 g/mol. The number of carbonyl (C=O) groups excluding carboxylic acids is 1. The van der Waals surface area contributed by atoms with Gasteiger partial charge in [0.15, 0.2) is 0 Å². The van der Waals surface area contributed by atoms with Crippen molar-refractivity contribution in [2.24, 2.45) is 9.98 Å². The molecule has 3 aliphatic heterocycles. The molecule has 0 saturated carbocycles. The van der Waals surface area contributed by atoms with Crippen LogP contribution in [0, 0.1) is 0 Å². The summed E-state index contributed by atoms with van der Waals surface area (Å²) < 4.78 is 37.9. The molecule has 1 saturated heterocycles. The van der Waals surface area contributed by atoms with Crippen LogP contribution in [0.1, 0.15) is 12.5 Å². The normalized spacial score (nSPS) is 21.7. The largest absolute Gasteiger partial charge is 0.416 e. The summed E-state index contributed by atoms with van der Waals surface area (Å²) in [6, 6.07) is 4.41. The summed E-state index contributed by atoms with van der Waals surface area (Å²) in [7, 11) is 0. The molecule has 0 radical (unpaired) electrons. The molecule has 0 bridgehead atoms. The van der Waals surface area contributed by atoms with Crippen LogP contribution < -0.4 is 5.32 Å². The highest BCUT2D eigenvalue weighted by molar-refractivity contribution is 6.03. The number of fused-ring (bicyclic) bond motifs is 1. The summed E-state index contributed by atoms with van der Waals surface area (Å²) >= 11 is 0. The molecule has 2 amide bonds. The number of benzene rings is 1. The number of piperazine rings is 1. The molecule has 0 spiro atoms. The Balaban J connectivity index is 1.31. The summed E-state index contributed by atoms with van der Waals surface area (Å²) in [5.74, 6) is 1.74. The predicted molar refractivity (Wildman–Crippen MR) is 104 cm³/mol. The lowest BCUT2D eigenvalue weighted by molar-refractivity contribution is -0.137. The number of rotatable bonds is 2. The van der Waals surface area contributed by atoms with E-state index >= 15 is 0 Å². The minimum atomic E-state index is -4.39. The SMILES string of the molecule is C[C@H]1CN=C2C=C(N3CCN(C(=O)Nc4ccc(C(F)(F)F)cc4)CC3)N=CN21. The van der Waals surface area contributed by atoms with E-state index in [0.29, 0.717) is 37.9 Å². The smallest absolute Gasteiger partial charge is 0.353 e. The van der Waals surface area contributed by atoms with Gasteiger partial charge in [-0.05, 0) is 31.2 Å². The van der Waals surface area contributed by atoms with E-state index in [9.17, 15) is 18.0 Å². The lowest BCUT2D eigenvalue weighted by atomic mass is 10.2. The first-order valence-electron chi connectivity index (χ1n) is 9.38. The lowest BCUT2D eigenvalue weighted by Gasteiger charge is -2.37. The van der Waals surface area contributed by atoms with Crippen molar-refractivity contribution >= 4 is 23.9 Å². The third kappa shape index (κ3) is 4.06. The van der Waals surface area contributed by atoms with E-state index in [1.807, 2.05) is 11.0 Å². The fourth-order valence-corrected chi connectivity index (χ4v) is 3.44. The number of halogens is 3. The Morgan fingerprint density at radius 3 is 2.48 bits per heavy atom. The third-order valence-electron chi connectivity index (χ3n) is 5.18. The van der Waals surface area contributed by atoms with Crippen LogP contribution >= 0.6 is 0 Å². The highest BCUT2D eigenvalue weighted by atomic mass is 19.4. The van der Waals surface area contributed by atoms with Crippen LogP contribution in [0.4, 0.5) is 23.7 Å². The van der Waals surface area contributed by atoms with Gasteiger partial charge >= 0.3 is 12.2 Å². The van der Waals surface area contributed by atoms with Crippen molar-refractivity contribution in [2.45, 2.75) is 19.1 Å². The van der Waals surface area contributed by atoms with Crippen LogP contribution in [0.5, 0.6) is 0 Å². The zero-order valence-electron chi connectivity index (χ0n) is 15.9. The van der Waals surface area contributed by atoms with Gasteiger partial charge in [0.1, 0.15) is 11.7 Å². The number of nitrogens with zero attached hydrogens (tertiary/aromatic N) is 5. The number of urea groups is 1. The molecule has 1 fully saturated rings. The van der Waals surface area contributed by atoms with E-state index in [-0.39, 0.29) is 6.03 Å². The van der Waals surface area contributed by atoms with Gasteiger partial charge in [0, 0.05) is 37.9 Å². The van der Waals surface area contributed by atoms with Gasteiger partial charge < -0.3 is 20.0 Å². The Kier molecular flexibility index (Phi) is 4.93. The zero-order valence-corrected chi connectivity index (χ0v) is 15.9. The van der Waals surface area contributed by atoms with Crippen LogP contribution in [0.3, 0.4) is 0 Å². The van der Waals surface area contributed by atoms with Crippen molar-refractivity contribution in [3.05, 3.63) is 41.7 Å². The fraction of sp³-hybridized carbons (Fsp3) is 0.421. The van der Waals surface area contributed by atoms with E-state index < -0.39 is 11.7 Å². The number of amidine groups is 1. The summed E-state index contributed by atoms with van der Waals surface area (Å²) in [4.78, 5) is 27.2. The van der Waals surface area contributed by atoms with Crippen LogP contribution in [-0.4, -0.2) is 71.7 Å². The minimum absolute atomic E-state index is 0.317. The van der Waals surface area contributed by atoms with Gasteiger partial charge in [0.25, 0.3) is 0 Å². The Labute approximate surface area is 166 Å². The van der Waals surface area contributed by atoms with Gasteiger partial charge in [-0.2, -0.15) is 13.2 Å². The standard InChI is InChI=1S/C19H21F3N6O/c1-13-11-23-17-10-16(24-12-28(13)17)26-6-8-27(9-7-26)18(29)25-15-4-2-14(3-5-15)19(20,21)22/h2-5,10,12-13H,6-9,11H2,1H3,(H,25,29)/t13-/m0/s1. The minimum Gasteiger partial charge on any atom is -0.353 e. The summed E-state index contributed by atoms with van der Waals surface area (Å²) in [5.41, 5.74) is -0.413. The van der Waals surface area contributed by atoms with E-state index in [4.69, 9.17) is 0 Å². The predicted octanol–water partition coefficient (Wildman–Crippen LogP) is 2.84. The molecule has 0 aromatic heterocycles. The first-order chi connectivity index (χ1) is 13.8. The Morgan fingerprint density at radius 2 is 1.83 bits per heavy atom. The average molecular weight is 406 g/mol. The number of hydrogen-bond donors (Lipinski definition) is 1. The van der Waals surface area contributed by atoms with Gasteiger partial charge in [0.2, 0.25) is 0 Å². The molecule has 10 heteroatoms. The van der Waals surface area contributed by atoms with Gasteiger partial charge in [-0.15, -0.1) is 0 Å². The number of amides is 2. The summed E-state index contributed by atoms with van der Waals surface area (Å²) in [6.07, 6.45) is -0.634. The molecule has 0 unspecified atom stereocenters. The molecule has 1 aromatic carbocycles. The van der Waals surface area contributed by atoms with Crippen LogP contribution in [-0.2, 0) is 6.18 Å². The first kappa shape index (κ1) is 19.3. The van der Waals surface area contributed by atoms with E-state index in [1.54, 1.807) is 11.2 Å². The van der Waals surface area contributed by atoms with Gasteiger partial charge in [-0.25, -0.2) is 9.79 Å². The molecule has 29 heavy (non-hydrogen) atoms. The molecule has 1 N–H and O–H groups in total. The zero-order chi connectivity index (χ0) is 20.6. The van der Waals surface area contributed by atoms with Crippen molar-refractivity contribution < 1.29 is 18.0 Å². The molecular formula is C19H21F3N6O. The maximum atomic E-state index is 12.6. The molecule has 7 nitrogen and oxygen atoms in total. The number of alkyl halides is 3. The Hall–Kier alpha value is -3.04. The van der Waals surface area contributed by atoms with E-state index in [2.05, 4.69) is 27.1 Å².